The number of aliphatic hydroxyl groups excluding tert-OH is 1. The van der Waals surface area contributed by atoms with Gasteiger partial charge in [-0.2, -0.15) is 0 Å². The molecule has 2 heteroatoms. The van der Waals surface area contributed by atoms with Crippen molar-refractivity contribution in [3.63, 3.8) is 0 Å². The maximum atomic E-state index is 9.97. The maximum Gasteiger partial charge on any atom is 0.0903 e. The van der Waals surface area contributed by atoms with Crippen LogP contribution in [-0.2, 0) is 0 Å². The summed E-state index contributed by atoms with van der Waals surface area (Å²) < 4.78 is 0. The third-order valence-electron chi connectivity index (χ3n) is 3.36. The largest absolute Gasteiger partial charge is 0.390 e. The predicted molar refractivity (Wildman–Crippen MR) is 53.4 cm³/mol. The Balaban J connectivity index is 2.61. The molecule has 3 atom stereocenters. The number of aliphatic hydroxyl groups is 2. The minimum Gasteiger partial charge on any atom is -0.390 e. The van der Waals surface area contributed by atoms with E-state index in [1.807, 2.05) is 13.8 Å². The zero-order valence-electron chi connectivity index (χ0n) is 8.58. The number of allylic oxidation sites excluding steroid dienone is 1. The van der Waals surface area contributed by atoms with Crippen molar-refractivity contribution in [1.29, 1.82) is 0 Å². The van der Waals surface area contributed by atoms with Gasteiger partial charge in [0, 0.05) is 0 Å². The summed E-state index contributed by atoms with van der Waals surface area (Å²) in [5.74, 6) is 0.391. The fraction of sp³-hybridized carbons (Fsp3) is 0.818. The summed E-state index contributed by atoms with van der Waals surface area (Å²) in [6, 6.07) is 0. The fourth-order valence-corrected chi connectivity index (χ4v) is 2.06. The van der Waals surface area contributed by atoms with Gasteiger partial charge in [0.05, 0.1) is 11.7 Å². The normalized spacial score (nSPS) is 40.3. The molecule has 0 radical (unpaired) electrons. The van der Waals surface area contributed by atoms with Crippen LogP contribution in [0.1, 0.15) is 39.5 Å². The third kappa shape index (κ3) is 2.12. The summed E-state index contributed by atoms with van der Waals surface area (Å²) >= 11 is 0. The first-order valence-electron chi connectivity index (χ1n) is 5.05. The van der Waals surface area contributed by atoms with Gasteiger partial charge in [0.2, 0.25) is 0 Å². The van der Waals surface area contributed by atoms with Crippen LogP contribution in [0.2, 0.25) is 0 Å². The number of rotatable bonds is 2. The third-order valence-corrected chi connectivity index (χ3v) is 3.36. The second kappa shape index (κ2) is 3.81. The molecule has 1 saturated carbocycles. The minimum absolute atomic E-state index is 0.391. The van der Waals surface area contributed by atoms with Crippen molar-refractivity contribution < 1.29 is 10.2 Å². The van der Waals surface area contributed by atoms with Gasteiger partial charge in [-0.05, 0) is 38.5 Å². The Morgan fingerprint density at radius 3 is 2.62 bits per heavy atom. The molecular formula is C11H20O2. The summed E-state index contributed by atoms with van der Waals surface area (Å²) in [6.07, 6.45) is 2.38. The van der Waals surface area contributed by atoms with Crippen LogP contribution in [0.3, 0.4) is 0 Å². The van der Waals surface area contributed by atoms with Gasteiger partial charge in [0.1, 0.15) is 0 Å². The van der Waals surface area contributed by atoms with Gasteiger partial charge in [0.25, 0.3) is 0 Å². The first kappa shape index (κ1) is 10.7. The van der Waals surface area contributed by atoms with E-state index in [1.54, 1.807) is 0 Å². The van der Waals surface area contributed by atoms with E-state index in [9.17, 15) is 10.2 Å². The zero-order valence-corrected chi connectivity index (χ0v) is 8.58. The molecule has 76 valence electrons. The van der Waals surface area contributed by atoms with Crippen molar-refractivity contribution >= 4 is 0 Å². The highest BCUT2D eigenvalue weighted by Gasteiger charge is 2.39. The van der Waals surface area contributed by atoms with Gasteiger partial charge < -0.3 is 10.2 Å². The Morgan fingerprint density at radius 1 is 1.62 bits per heavy atom. The summed E-state index contributed by atoms with van der Waals surface area (Å²) in [6.45, 7) is 7.81. The van der Waals surface area contributed by atoms with Gasteiger partial charge in [-0.25, -0.2) is 0 Å². The molecule has 3 unspecified atom stereocenters. The van der Waals surface area contributed by atoms with Crippen LogP contribution in [0.5, 0.6) is 0 Å². The fourth-order valence-electron chi connectivity index (χ4n) is 2.06. The predicted octanol–water partition coefficient (Wildman–Crippen LogP) is 1.86. The number of hydrogen-bond donors (Lipinski definition) is 2. The molecule has 1 fully saturated rings. The van der Waals surface area contributed by atoms with Crippen molar-refractivity contribution in [3.05, 3.63) is 12.2 Å². The van der Waals surface area contributed by atoms with Crippen LogP contribution in [-0.4, -0.2) is 21.9 Å². The highest BCUT2D eigenvalue weighted by atomic mass is 16.3. The molecule has 1 aliphatic carbocycles. The summed E-state index contributed by atoms with van der Waals surface area (Å²) in [5, 5.41) is 19.7. The maximum absolute atomic E-state index is 9.97. The lowest BCUT2D eigenvalue weighted by atomic mass is 9.73. The lowest BCUT2D eigenvalue weighted by Gasteiger charge is -2.40. The summed E-state index contributed by atoms with van der Waals surface area (Å²) in [4.78, 5) is 0. The molecular weight excluding hydrogens is 164 g/mol. The second-order valence-corrected chi connectivity index (χ2v) is 4.29. The molecule has 0 aliphatic heterocycles. The molecule has 1 rings (SSSR count). The quantitative estimate of drug-likeness (QED) is 0.643. The topological polar surface area (TPSA) is 40.5 Å². The molecule has 0 aromatic heterocycles. The van der Waals surface area contributed by atoms with Gasteiger partial charge in [0.15, 0.2) is 0 Å². The molecule has 2 nitrogen and oxygen atoms in total. The van der Waals surface area contributed by atoms with Crippen molar-refractivity contribution in [2.75, 3.05) is 0 Å². The molecule has 2 N–H and O–H groups in total. The van der Waals surface area contributed by atoms with E-state index >= 15 is 0 Å². The van der Waals surface area contributed by atoms with Gasteiger partial charge in [-0.15, -0.1) is 0 Å². The Morgan fingerprint density at radius 2 is 2.23 bits per heavy atom. The van der Waals surface area contributed by atoms with Crippen LogP contribution >= 0.6 is 0 Å². The van der Waals surface area contributed by atoms with E-state index in [1.165, 1.54) is 0 Å². The molecule has 0 spiro atoms. The summed E-state index contributed by atoms with van der Waals surface area (Å²) in [5.41, 5.74) is 0.281. The SMILES string of the molecule is C=C(C)C1CCC(O)(CC)C(O)C1. The first-order chi connectivity index (χ1) is 5.99. The zero-order chi connectivity index (χ0) is 10.1. The van der Waals surface area contributed by atoms with Gasteiger partial charge in [-0.1, -0.05) is 19.1 Å². The van der Waals surface area contributed by atoms with Crippen LogP contribution in [0.4, 0.5) is 0 Å². The molecule has 0 bridgehead atoms. The van der Waals surface area contributed by atoms with E-state index < -0.39 is 11.7 Å². The van der Waals surface area contributed by atoms with Crippen LogP contribution in [0, 0.1) is 5.92 Å². The van der Waals surface area contributed by atoms with E-state index in [-0.39, 0.29) is 0 Å². The van der Waals surface area contributed by atoms with E-state index in [2.05, 4.69) is 6.58 Å². The Hall–Kier alpha value is -0.340. The Labute approximate surface area is 80.3 Å². The second-order valence-electron chi connectivity index (χ2n) is 4.29. The monoisotopic (exact) mass is 184 g/mol. The van der Waals surface area contributed by atoms with Gasteiger partial charge >= 0.3 is 0 Å². The Kier molecular flexibility index (Phi) is 3.14. The average molecular weight is 184 g/mol. The van der Waals surface area contributed by atoms with Crippen molar-refractivity contribution in [2.24, 2.45) is 5.92 Å². The van der Waals surface area contributed by atoms with Crippen LogP contribution in [0.25, 0.3) is 0 Å². The standard InChI is InChI=1S/C11H20O2/c1-4-11(13)6-5-9(8(2)3)7-10(11)12/h9-10,12-13H,2,4-7H2,1,3H3. The van der Waals surface area contributed by atoms with Crippen molar-refractivity contribution in [2.45, 2.75) is 51.2 Å². The molecule has 13 heavy (non-hydrogen) atoms. The van der Waals surface area contributed by atoms with Crippen molar-refractivity contribution in [1.82, 2.24) is 0 Å². The lowest BCUT2D eigenvalue weighted by Crippen LogP contribution is -2.46. The van der Waals surface area contributed by atoms with E-state index in [0.717, 1.165) is 12.0 Å². The van der Waals surface area contributed by atoms with Crippen LogP contribution < -0.4 is 0 Å². The van der Waals surface area contributed by atoms with Crippen LogP contribution in [0.15, 0.2) is 12.2 Å². The highest BCUT2D eigenvalue weighted by molar-refractivity contribution is 5.03. The molecule has 0 aromatic carbocycles. The highest BCUT2D eigenvalue weighted by Crippen LogP contribution is 2.37. The van der Waals surface area contributed by atoms with Gasteiger partial charge in [-0.3, -0.25) is 0 Å². The average Bonchev–Trinajstić information content (AvgIpc) is 2.09. The Bertz CT molecular complexity index is 200. The molecule has 1 aliphatic rings. The molecule has 0 heterocycles. The molecule has 0 saturated heterocycles. The minimum atomic E-state index is -0.841. The summed E-state index contributed by atoms with van der Waals surface area (Å²) in [7, 11) is 0. The smallest absolute Gasteiger partial charge is 0.0903 e. The van der Waals surface area contributed by atoms with E-state index in [4.69, 9.17) is 0 Å². The molecule has 0 amide bonds. The van der Waals surface area contributed by atoms with E-state index in [0.29, 0.717) is 25.2 Å². The molecule has 0 aromatic rings. The number of hydrogen-bond acceptors (Lipinski definition) is 2. The lowest BCUT2D eigenvalue weighted by molar-refractivity contribution is -0.110. The first-order valence-corrected chi connectivity index (χ1v) is 5.05. The van der Waals surface area contributed by atoms with Crippen molar-refractivity contribution in [3.8, 4) is 0 Å².